The molecule has 2 aromatic carbocycles. The van der Waals surface area contributed by atoms with Gasteiger partial charge >= 0.3 is 5.91 Å². The van der Waals surface area contributed by atoms with Crippen LogP contribution in [0.3, 0.4) is 0 Å². The molecule has 202 valence electrons. The lowest BCUT2D eigenvalue weighted by molar-refractivity contribution is -0.154. The van der Waals surface area contributed by atoms with Gasteiger partial charge < -0.3 is 4.90 Å². The number of carbonyl (C=O) groups is 2. The molecule has 8 nitrogen and oxygen atoms in total. The maximum atomic E-state index is 14.3. The summed E-state index contributed by atoms with van der Waals surface area (Å²) in [5, 5.41) is 5.24. The molecule has 1 aromatic heterocycles. The quantitative estimate of drug-likeness (QED) is 0.321. The zero-order chi connectivity index (χ0) is 27.4. The van der Waals surface area contributed by atoms with Crippen molar-refractivity contribution in [2.75, 3.05) is 27.2 Å². The maximum Gasteiger partial charge on any atom is 0.315 e. The van der Waals surface area contributed by atoms with Gasteiger partial charge in [-0.3, -0.25) is 19.3 Å². The summed E-state index contributed by atoms with van der Waals surface area (Å²) in [6.45, 7) is 1.41. The summed E-state index contributed by atoms with van der Waals surface area (Å²) < 4.78 is 1.55. The third-order valence-electron chi connectivity index (χ3n) is 7.45. The Labute approximate surface area is 233 Å². The molecule has 0 spiro atoms. The van der Waals surface area contributed by atoms with Gasteiger partial charge in [0.15, 0.2) is 0 Å². The molecule has 0 saturated carbocycles. The first kappa shape index (κ1) is 26.9. The smallest absolute Gasteiger partial charge is 0.315 e. The number of nitrogens with one attached hydrogen (secondary N) is 1. The lowest BCUT2D eigenvalue weighted by Crippen LogP contribution is -2.60. The van der Waals surface area contributed by atoms with Crippen LogP contribution >= 0.6 is 11.6 Å². The predicted octanol–water partition coefficient (Wildman–Crippen LogP) is 4.20. The Hall–Kier alpha value is -3.72. The fraction of sp³-hybridized carbons (Fsp3) is 0.300. The van der Waals surface area contributed by atoms with Crippen LogP contribution in [-0.2, 0) is 26.5 Å². The number of hydroxylamine groups is 1. The van der Waals surface area contributed by atoms with Crippen LogP contribution in [0.4, 0.5) is 0 Å². The summed E-state index contributed by atoms with van der Waals surface area (Å²) >= 11 is 6.75. The highest BCUT2D eigenvalue weighted by atomic mass is 35.5. The first-order valence-electron chi connectivity index (χ1n) is 13.0. The zero-order valence-electron chi connectivity index (χ0n) is 22.1. The van der Waals surface area contributed by atoms with Crippen molar-refractivity contribution in [1.82, 2.24) is 25.1 Å². The van der Waals surface area contributed by atoms with Gasteiger partial charge in [0, 0.05) is 37.0 Å². The third-order valence-corrected chi connectivity index (χ3v) is 7.73. The fourth-order valence-electron chi connectivity index (χ4n) is 5.53. The number of likely N-dealkylation sites (tertiary alicyclic amines) is 1. The number of amides is 1. The number of likely N-dealkylation sites (N-methyl/N-ethyl adjacent to an activating group) is 1. The number of hydrogen-bond donors (Lipinski definition) is 1. The van der Waals surface area contributed by atoms with E-state index in [1.807, 2.05) is 77.8 Å². The second kappa shape index (κ2) is 11.6. The average molecular weight is 546 g/mol. The molecule has 2 atom stereocenters. The highest BCUT2D eigenvalue weighted by molar-refractivity contribution is 6.38. The second-order valence-corrected chi connectivity index (χ2v) is 10.3. The van der Waals surface area contributed by atoms with Crippen LogP contribution in [0.25, 0.3) is 11.3 Å². The minimum Gasteiger partial charge on any atom is -0.343 e. The summed E-state index contributed by atoms with van der Waals surface area (Å²) in [4.78, 5) is 36.6. The van der Waals surface area contributed by atoms with E-state index in [-0.39, 0.29) is 12.5 Å². The Kier molecular flexibility index (Phi) is 7.97. The standard InChI is InChI=1S/C30H32ClN5O3/c1-34-17-10-16-26(34)24-15-9-18-35(20-24)30(28(37)29(38)33-39-2,19-22-11-5-3-6-12-22)36-21-25(31)27(32-36)23-13-7-4-8-14-23/h3-9,11-15,20-21,26H,10,16-19H2,1-2H3,(H,33,38). The van der Waals surface area contributed by atoms with E-state index in [0.29, 0.717) is 17.3 Å². The van der Waals surface area contributed by atoms with Crippen molar-refractivity contribution in [3.63, 3.8) is 0 Å². The Morgan fingerprint density at radius 2 is 1.85 bits per heavy atom. The van der Waals surface area contributed by atoms with Crippen LogP contribution in [-0.4, -0.2) is 64.6 Å². The van der Waals surface area contributed by atoms with Crippen molar-refractivity contribution >= 4 is 23.3 Å². The molecular weight excluding hydrogens is 514 g/mol. The molecule has 3 heterocycles. The third kappa shape index (κ3) is 5.28. The molecule has 5 rings (SSSR count). The van der Waals surface area contributed by atoms with E-state index in [1.54, 1.807) is 10.9 Å². The summed E-state index contributed by atoms with van der Waals surface area (Å²) in [5.74, 6) is -1.58. The number of aromatic nitrogens is 2. The van der Waals surface area contributed by atoms with E-state index in [1.165, 1.54) is 7.11 Å². The van der Waals surface area contributed by atoms with Crippen molar-refractivity contribution in [2.45, 2.75) is 31.0 Å². The molecule has 3 aromatic rings. The first-order chi connectivity index (χ1) is 18.9. The molecule has 2 aliphatic heterocycles. The van der Waals surface area contributed by atoms with Gasteiger partial charge in [0.2, 0.25) is 5.66 Å². The van der Waals surface area contributed by atoms with Gasteiger partial charge in [0.05, 0.1) is 12.1 Å². The predicted molar refractivity (Wildman–Crippen MR) is 151 cm³/mol. The number of Topliss-reactive ketones (excluding diaryl/α,β-unsaturated/α-hetero) is 1. The number of rotatable bonds is 9. The van der Waals surface area contributed by atoms with Gasteiger partial charge in [-0.25, -0.2) is 10.2 Å². The first-order valence-corrected chi connectivity index (χ1v) is 13.4. The molecule has 1 amide bonds. The van der Waals surface area contributed by atoms with Crippen LogP contribution in [0.1, 0.15) is 18.4 Å². The van der Waals surface area contributed by atoms with Gasteiger partial charge in [-0.2, -0.15) is 5.10 Å². The Bertz CT molecular complexity index is 1390. The molecule has 39 heavy (non-hydrogen) atoms. The second-order valence-electron chi connectivity index (χ2n) is 9.90. The molecule has 1 N–H and O–H groups in total. The molecule has 1 saturated heterocycles. The highest BCUT2D eigenvalue weighted by Gasteiger charge is 2.50. The number of halogens is 1. The summed E-state index contributed by atoms with van der Waals surface area (Å²) in [6, 6.07) is 19.4. The van der Waals surface area contributed by atoms with E-state index in [4.69, 9.17) is 21.5 Å². The largest absolute Gasteiger partial charge is 0.343 e. The van der Waals surface area contributed by atoms with E-state index < -0.39 is 17.4 Å². The van der Waals surface area contributed by atoms with Crippen molar-refractivity contribution < 1.29 is 14.4 Å². The van der Waals surface area contributed by atoms with Crippen molar-refractivity contribution in [3.05, 3.63) is 101 Å². The molecular formula is C30H32ClN5O3. The fourth-order valence-corrected chi connectivity index (χ4v) is 5.77. The van der Waals surface area contributed by atoms with E-state index in [9.17, 15) is 9.59 Å². The van der Waals surface area contributed by atoms with E-state index in [2.05, 4.69) is 23.5 Å². The molecule has 2 aliphatic rings. The van der Waals surface area contributed by atoms with Crippen LogP contribution in [0, 0.1) is 0 Å². The normalized spacial score (nSPS) is 19.0. The molecule has 0 bridgehead atoms. The van der Waals surface area contributed by atoms with Gasteiger partial charge in [0.1, 0.15) is 5.69 Å². The molecule has 0 aliphatic carbocycles. The number of ketones is 1. The zero-order valence-corrected chi connectivity index (χ0v) is 22.8. The van der Waals surface area contributed by atoms with Crippen LogP contribution in [0.5, 0.6) is 0 Å². The summed E-state index contributed by atoms with van der Waals surface area (Å²) in [6.07, 6.45) is 10.1. The van der Waals surface area contributed by atoms with Crippen molar-refractivity contribution in [1.29, 1.82) is 0 Å². The van der Waals surface area contributed by atoms with Gasteiger partial charge in [-0.15, -0.1) is 0 Å². The number of benzene rings is 2. The number of hydrogen-bond acceptors (Lipinski definition) is 6. The lowest BCUT2D eigenvalue weighted by Gasteiger charge is -2.43. The van der Waals surface area contributed by atoms with Crippen molar-refractivity contribution in [3.8, 4) is 11.3 Å². The monoisotopic (exact) mass is 545 g/mol. The molecule has 9 heteroatoms. The van der Waals surface area contributed by atoms with Crippen LogP contribution < -0.4 is 5.48 Å². The van der Waals surface area contributed by atoms with Gasteiger partial charge in [-0.05, 0) is 37.6 Å². The van der Waals surface area contributed by atoms with E-state index >= 15 is 0 Å². The molecule has 0 radical (unpaired) electrons. The minimum atomic E-state index is -1.56. The lowest BCUT2D eigenvalue weighted by atomic mass is 9.91. The number of nitrogens with zero attached hydrogens (tertiary/aromatic N) is 4. The SMILES string of the molecule is CONC(=O)C(=O)C(Cc1ccccc1)(N1C=C(C2CCCN2C)C=CC1)n1cc(Cl)c(-c2ccccc2)n1. The Morgan fingerprint density at radius 1 is 1.13 bits per heavy atom. The average Bonchev–Trinajstić information content (AvgIpc) is 3.58. The topological polar surface area (TPSA) is 79.7 Å². The van der Waals surface area contributed by atoms with Gasteiger partial charge in [-0.1, -0.05) is 84.4 Å². The van der Waals surface area contributed by atoms with E-state index in [0.717, 1.165) is 36.1 Å². The van der Waals surface area contributed by atoms with Crippen LogP contribution in [0.15, 0.2) is 90.8 Å². The summed E-state index contributed by atoms with van der Waals surface area (Å²) in [7, 11) is 3.42. The highest BCUT2D eigenvalue weighted by Crippen LogP contribution is 2.36. The summed E-state index contributed by atoms with van der Waals surface area (Å²) in [5.41, 5.74) is 3.97. The minimum absolute atomic E-state index is 0.175. The van der Waals surface area contributed by atoms with Crippen molar-refractivity contribution in [2.24, 2.45) is 0 Å². The molecule has 1 fully saturated rings. The Balaban J connectivity index is 1.71. The number of carbonyl (C=O) groups excluding carboxylic acids is 2. The molecule has 2 unspecified atom stereocenters. The van der Waals surface area contributed by atoms with Crippen LogP contribution in [0.2, 0.25) is 5.02 Å². The Morgan fingerprint density at radius 3 is 2.51 bits per heavy atom. The van der Waals surface area contributed by atoms with Gasteiger partial charge in [0.25, 0.3) is 5.78 Å². The maximum absolute atomic E-state index is 14.3.